The van der Waals surface area contributed by atoms with Crippen molar-refractivity contribution in [1.29, 1.82) is 0 Å². The molecule has 1 heterocycles. The standard InChI is InChI=1S/C21H23FN2O3/c1-3-24(20(25)14-4-5-14)12-17-9-18(22)6-7-19(17)16-8-15(10-23-11-16)13(2)21(26)27/h6-11,13-14H,3-5,12H2,1-2H3,(H,26,27). The zero-order valence-corrected chi connectivity index (χ0v) is 15.5. The molecule has 1 unspecified atom stereocenters. The number of aliphatic carboxylic acids is 1. The summed E-state index contributed by atoms with van der Waals surface area (Å²) < 4.78 is 13.9. The van der Waals surface area contributed by atoms with Crippen molar-refractivity contribution in [2.75, 3.05) is 6.54 Å². The number of carboxylic acid groups (broad SMARTS) is 1. The van der Waals surface area contributed by atoms with E-state index in [1.165, 1.54) is 18.3 Å². The predicted molar refractivity (Wildman–Crippen MR) is 99.5 cm³/mol. The van der Waals surface area contributed by atoms with Gasteiger partial charge in [-0.25, -0.2) is 4.39 Å². The molecule has 0 spiro atoms. The fraction of sp³-hybridized carbons (Fsp3) is 0.381. The average Bonchev–Trinajstić information content (AvgIpc) is 3.50. The molecule has 1 fully saturated rings. The van der Waals surface area contributed by atoms with Gasteiger partial charge >= 0.3 is 5.97 Å². The maximum atomic E-state index is 13.9. The molecule has 0 saturated heterocycles. The quantitative estimate of drug-likeness (QED) is 0.804. The van der Waals surface area contributed by atoms with Gasteiger partial charge in [0.2, 0.25) is 5.91 Å². The molecule has 3 rings (SSSR count). The van der Waals surface area contributed by atoms with E-state index in [9.17, 15) is 19.1 Å². The summed E-state index contributed by atoms with van der Waals surface area (Å²) in [6, 6.07) is 6.23. The first-order valence-corrected chi connectivity index (χ1v) is 9.16. The highest BCUT2D eigenvalue weighted by Crippen LogP contribution is 2.33. The van der Waals surface area contributed by atoms with Crippen molar-refractivity contribution in [2.24, 2.45) is 5.92 Å². The molecule has 1 N–H and O–H groups in total. The van der Waals surface area contributed by atoms with Crippen LogP contribution in [-0.4, -0.2) is 33.4 Å². The van der Waals surface area contributed by atoms with Crippen LogP contribution in [0.1, 0.15) is 43.7 Å². The zero-order valence-electron chi connectivity index (χ0n) is 15.5. The van der Waals surface area contributed by atoms with Crippen LogP contribution in [0.25, 0.3) is 11.1 Å². The largest absolute Gasteiger partial charge is 0.481 e. The number of hydrogen-bond acceptors (Lipinski definition) is 3. The normalized spacial score (nSPS) is 14.6. The molecule has 6 heteroatoms. The highest BCUT2D eigenvalue weighted by atomic mass is 19.1. The number of amides is 1. The number of pyridine rings is 1. The Morgan fingerprint density at radius 3 is 2.67 bits per heavy atom. The van der Waals surface area contributed by atoms with Gasteiger partial charge in [0, 0.05) is 37.0 Å². The van der Waals surface area contributed by atoms with Crippen molar-refractivity contribution in [2.45, 2.75) is 39.2 Å². The van der Waals surface area contributed by atoms with E-state index in [-0.39, 0.29) is 17.6 Å². The molecular weight excluding hydrogens is 347 g/mol. The summed E-state index contributed by atoms with van der Waals surface area (Å²) in [7, 11) is 0. The minimum absolute atomic E-state index is 0.100. The Morgan fingerprint density at radius 2 is 2.04 bits per heavy atom. The Morgan fingerprint density at radius 1 is 1.30 bits per heavy atom. The molecule has 0 radical (unpaired) electrons. The molecule has 1 amide bonds. The van der Waals surface area contributed by atoms with Crippen LogP contribution in [-0.2, 0) is 16.1 Å². The number of benzene rings is 1. The molecule has 1 aliphatic rings. The van der Waals surface area contributed by atoms with Crippen molar-refractivity contribution in [3.8, 4) is 11.1 Å². The van der Waals surface area contributed by atoms with Crippen molar-refractivity contribution in [3.63, 3.8) is 0 Å². The molecule has 0 aliphatic heterocycles. The van der Waals surface area contributed by atoms with Gasteiger partial charge in [0.15, 0.2) is 0 Å². The predicted octanol–water partition coefficient (Wildman–Crippen LogP) is 3.83. The van der Waals surface area contributed by atoms with Gasteiger partial charge in [0.05, 0.1) is 5.92 Å². The number of hydrogen-bond donors (Lipinski definition) is 1. The monoisotopic (exact) mass is 370 g/mol. The average molecular weight is 370 g/mol. The second-order valence-corrected chi connectivity index (χ2v) is 7.00. The Labute approximate surface area is 157 Å². The van der Waals surface area contributed by atoms with Crippen molar-refractivity contribution >= 4 is 11.9 Å². The number of carbonyl (C=O) groups excluding carboxylic acids is 1. The lowest BCUT2D eigenvalue weighted by atomic mass is 9.96. The minimum atomic E-state index is -0.930. The van der Waals surface area contributed by atoms with Crippen LogP contribution in [0.4, 0.5) is 4.39 Å². The van der Waals surface area contributed by atoms with Crippen molar-refractivity contribution in [3.05, 3.63) is 53.6 Å². The number of halogens is 1. The topological polar surface area (TPSA) is 70.5 Å². The Kier molecular flexibility index (Phi) is 5.54. The third kappa shape index (κ3) is 4.32. The van der Waals surface area contributed by atoms with Gasteiger partial charge in [-0.1, -0.05) is 6.07 Å². The van der Waals surface area contributed by atoms with E-state index >= 15 is 0 Å². The molecule has 0 bridgehead atoms. The fourth-order valence-corrected chi connectivity index (χ4v) is 3.10. The Bertz CT molecular complexity index is 864. The maximum absolute atomic E-state index is 13.9. The zero-order chi connectivity index (χ0) is 19.6. The van der Waals surface area contributed by atoms with Gasteiger partial charge in [0.1, 0.15) is 5.82 Å². The molecule has 27 heavy (non-hydrogen) atoms. The van der Waals surface area contributed by atoms with Crippen LogP contribution in [0, 0.1) is 11.7 Å². The Balaban J connectivity index is 1.95. The van der Waals surface area contributed by atoms with E-state index in [4.69, 9.17) is 0 Å². The summed E-state index contributed by atoms with van der Waals surface area (Å²) >= 11 is 0. The van der Waals surface area contributed by atoms with E-state index in [0.717, 1.165) is 18.4 Å². The maximum Gasteiger partial charge on any atom is 0.310 e. The lowest BCUT2D eigenvalue weighted by Crippen LogP contribution is -2.31. The number of carbonyl (C=O) groups is 2. The molecule has 5 nitrogen and oxygen atoms in total. The van der Waals surface area contributed by atoms with Crippen LogP contribution < -0.4 is 0 Å². The lowest BCUT2D eigenvalue weighted by molar-refractivity contribution is -0.138. The van der Waals surface area contributed by atoms with Crippen molar-refractivity contribution < 1.29 is 19.1 Å². The highest BCUT2D eigenvalue weighted by molar-refractivity contribution is 5.81. The number of nitrogens with zero attached hydrogens (tertiary/aromatic N) is 2. The van der Waals surface area contributed by atoms with Crippen LogP contribution in [0.2, 0.25) is 0 Å². The lowest BCUT2D eigenvalue weighted by Gasteiger charge is -2.23. The van der Waals surface area contributed by atoms with Crippen LogP contribution >= 0.6 is 0 Å². The second kappa shape index (κ2) is 7.86. The van der Waals surface area contributed by atoms with E-state index in [2.05, 4.69) is 4.98 Å². The van der Waals surface area contributed by atoms with Gasteiger partial charge < -0.3 is 10.0 Å². The third-order valence-electron chi connectivity index (χ3n) is 4.99. The molecular formula is C21H23FN2O3. The minimum Gasteiger partial charge on any atom is -0.481 e. The molecule has 142 valence electrons. The number of carboxylic acids is 1. The molecule has 1 aromatic carbocycles. The van der Waals surface area contributed by atoms with Crippen LogP contribution in [0.15, 0.2) is 36.7 Å². The van der Waals surface area contributed by atoms with Crippen molar-refractivity contribution in [1.82, 2.24) is 9.88 Å². The highest BCUT2D eigenvalue weighted by Gasteiger charge is 2.33. The Hall–Kier alpha value is -2.76. The molecule has 1 aromatic heterocycles. The third-order valence-corrected chi connectivity index (χ3v) is 4.99. The van der Waals surface area contributed by atoms with Gasteiger partial charge in [-0.3, -0.25) is 14.6 Å². The van der Waals surface area contributed by atoms with E-state index in [1.54, 1.807) is 30.2 Å². The van der Waals surface area contributed by atoms with E-state index < -0.39 is 11.9 Å². The summed E-state index contributed by atoms with van der Waals surface area (Å²) in [6.45, 7) is 4.38. The van der Waals surface area contributed by atoms with E-state index in [1.807, 2.05) is 6.92 Å². The fourth-order valence-electron chi connectivity index (χ4n) is 3.10. The van der Waals surface area contributed by atoms with Gasteiger partial charge in [-0.05, 0) is 61.6 Å². The summed E-state index contributed by atoms with van der Waals surface area (Å²) in [5, 5.41) is 9.24. The first-order chi connectivity index (χ1) is 12.9. The van der Waals surface area contributed by atoms with Crippen LogP contribution in [0.3, 0.4) is 0 Å². The number of rotatable bonds is 7. The summed E-state index contributed by atoms with van der Waals surface area (Å²) in [6.07, 6.45) is 5.00. The number of aromatic nitrogens is 1. The first-order valence-electron chi connectivity index (χ1n) is 9.16. The first kappa shape index (κ1) is 19.0. The summed E-state index contributed by atoms with van der Waals surface area (Å²) in [5.74, 6) is -1.78. The molecule has 2 aromatic rings. The summed E-state index contributed by atoms with van der Waals surface area (Å²) in [4.78, 5) is 29.6. The van der Waals surface area contributed by atoms with Gasteiger partial charge in [-0.2, -0.15) is 0 Å². The molecule has 1 saturated carbocycles. The second-order valence-electron chi connectivity index (χ2n) is 7.00. The van der Waals surface area contributed by atoms with E-state index in [0.29, 0.717) is 29.8 Å². The SMILES string of the molecule is CCN(Cc1cc(F)ccc1-c1cncc(C(C)C(=O)O)c1)C(=O)C1CC1. The van der Waals surface area contributed by atoms with Gasteiger partial charge in [0.25, 0.3) is 0 Å². The molecule has 1 aliphatic carbocycles. The van der Waals surface area contributed by atoms with Gasteiger partial charge in [-0.15, -0.1) is 0 Å². The van der Waals surface area contributed by atoms with Crippen LogP contribution in [0.5, 0.6) is 0 Å². The summed E-state index contributed by atoms with van der Waals surface area (Å²) in [5.41, 5.74) is 2.74. The smallest absolute Gasteiger partial charge is 0.310 e. The molecule has 1 atom stereocenters.